The molecule has 2 N–H and O–H groups in total. The molecule has 1 aliphatic heterocycles. The van der Waals surface area contributed by atoms with Crippen LogP contribution >= 0.6 is 34.8 Å². The fourth-order valence-corrected chi connectivity index (χ4v) is 3.77. The van der Waals surface area contributed by atoms with Crippen molar-refractivity contribution in [1.29, 1.82) is 0 Å². The molecule has 0 saturated carbocycles. The number of rotatable bonds is 7. The van der Waals surface area contributed by atoms with Crippen molar-refractivity contribution in [2.75, 3.05) is 60.0 Å². The van der Waals surface area contributed by atoms with Crippen LogP contribution in [-0.4, -0.2) is 81.8 Å². The first-order valence-corrected chi connectivity index (χ1v) is 10.2. The van der Waals surface area contributed by atoms with E-state index in [0.29, 0.717) is 40.0 Å². The van der Waals surface area contributed by atoms with E-state index in [1.165, 1.54) is 0 Å². The van der Waals surface area contributed by atoms with Gasteiger partial charge in [-0.05, 0) is 26.1 Å². The molecular weight excluding hydrogens is 409 g/mol. The summed E-state index contributed by atoms with van der Waals surface area (Å²) in [4.78, 5) is 9.10. The lowest BCUT2D eigenvalue weighted by molar-refractivity contribution is 0.120. The molecule has 0 aliphatic carbocycles. The molecule has 27 heavy (non-hydrogen) atoms. The molecule has 1 aromatic carbocycles. The molecule has 0 amide bonds. The minimum absolute atomic E-state index is 0.399. The molecule has 6 nitrogen and oxygen atoms in total. The van der Waals surface area contributed by atoms with E-state index in [4.69, 9.17) is 39.5 Å². The summed E-state index contributed by atoms with van der Waals surface area (Å²) in [5.41, 5.74) is 0. The average Bonchev–Trinajstić information content (AvgIpc) is 2.63. The number of halogens is 3. The average molecular weight is 437 g/mol. The van der Waals surface area contributed by atoms with Crippen LogP contribution in [0, 0.1) is 0 Å². The SMILES string of the molecule is CN=C(NCCOc1c(Cl)cc(Cl)cc1Cl)NCC(C)N1CCN(C)CC1. The van der Waals surface area contributed by atoms with Crippen LogP contribution in [0.3, 0.4) is 0 Å². The third-order valence-corrected chi connectivity index (χ3v) is 5.33. The highest BCUT2D eigenvalue weighted by molar-refractivity contribution is 6.40. The number of benzene rings is 1. The number of nitrogens with zero attached hydrogens (tertiary/aromatic N) is 3. The normalized spacial score (nSPS) is 17.6. The van der Waals surface area contributed by atoms with Crippen LogP contribution in [0.1, 0.15) is 6.92 Å². The van der Waals surface area contributed by atoms with Crippen molar-refractivity contribution in [3.05, 3.63) is 27.2 Å². The Morgan fingerprint density at radius 2 is 1.78 bits per heavy atom. The topological polar surface area (TPSA) is 52.1 Å². The Morgan fingerprint density at radius 1 is 1.15 bits per heavy atom. The minimum Gasteiger partial charge on any atom is -0.489 e. The van der Waals surface area contributed by atoms with Gasteiger partial charge in [0.2, 0.25) is 0 Å². The van der Waals surface area contributed by atoms with Crippen LogP contribution in [0.25, 0.3) is 0 Å². The van der Waals surface area contributed by atoms with Gasteiger partial charge in [-0.3, -0.25) is 9.89 Å². The van der Waals surface area contributed by atoms with E-state index in [1.54, 1.807) is 19.2 Å². The fraction of sp³-hybridized carbons (Fsp3) is 0.611. The lowest BCUT2D eigenvalue weighted by atomic mass is 10.2. The number of nitrogens with one attached hydrogen (secondary N) is 2. The second-order valence-electron chi connectivity index (χ2n) is 6.62. The Labute approximate surface area is 176 Å². The van der Waals surface area contributed by atoms with Gasteiger partial charge in [0.15, 0.2) is 11.7 Å². The number of likely N-dealkylation sites (N-methyl/N-ethyl adjacent to an activating group) is 1. The van der Waals surface area contributed by atoms with Crippen molar-refractivity contribution >= 4 is 40.8 Å². The summed E-state index contributed by atoms with van der Waals surface area (Å²) in [5.74, 6) is 1.18. The van der Waals surface area contributed by atoms with E-state index in [1.807, 2.05) is 0 Å². The second-order valence-corrected chi connectivity index (χ2v) is 7.87. The molecule has 152 valence electrons. The van der Waals surface area contributed by atoms with Crippen molar-refractivity contribution in [3.8, 4) is 5.75 Å². The summed E-state index contributed by atoms with van der Waals surface area (Å²) in [6.45, 7) is 8.46. The van der Waals surface area contributed by atoms with Gasteiger partial charge in [0.05, 0.1) is 16.6 Å². The Hall–Kier alpha value is -0.920. The number of aliphatic imine (C=N–C) groups is 1. The lowest BCUT2D eigenvalue weighted by Gasteiger charge is -2.36. The molecule has 0 spiro atoms. The lowest BCUT2D eigenvalue weighted by Crippen LogP contribution is -2.52. The van der Waals surface area contributed by atoms with Gasteiger partial charge in [0.25, 0.3) is 0 Å². The summed E-state index contributed by atoms with van der Waals surface area (Å²) in [7, 11) is 3.92. The van der Waals surface area contributed by atoms with Crippen LogP contribution in [0.2, 0.25) is 15.1 Å². The molecule has 1 atom stereocenters. The van der Waals surface area contributed by atoms with E-state index < -0.39 is 0 Å². The van der Waals surface area contributed by atoms with E-state index in [2.05, 4.69) is 39.4 Å². The first kappa shape index (κ1) is 22.4. The highest BCUT2D eigenvalue weighted by Crippen LogP contribution is 2.35. The summed E-state index contributed by atoms with van der Waals surface area (Å²) in [6.07, 6.45) is 0. The molecule has 1 heterocycles. The molecule has 1 aliphatic rings. The van der Waals surface area contributed by atoms with Gasteiger partial charge in [0.1, 0.15) is 6.61 Å². The summed E-state index contributed by atoms with van der Waals surface area (Å²) < 4.78 is 5.67. The molecular formula is C18H28Cl3N5O. The maximum atomic E-state index is 6.11. The molecule has 1 unspecified atom stereocenters. The van der Waals surface area contributed by atoms with Crippen LogP contribution < -0.4 is 15.4 Å². The van der Waals surface area contributed by atoms with Crippen molar-refractivity contribution in [2.45, 2.75) is 13.0 Å². The molecule has 1 aromatic rings. The van der Waals surface area contributed by atoms with Crippen molar-refractivity contribution in [1.82, 2.24) is 20.4 Å². The number of guanidine groups is 1. The van der Waals surface area contributed by atoms with Crippen molar-refractivity contribution in [3.63, 3.8) is 0 Å². The van der Waals surface area contributed by atoms with Gasteiger partial charge in [-0.15, -0.1) is 0 Å². The Kier molecular flexibility index (Phi) is 9.26. The largest absolute Gasteiger partial charge is 0.489 e. The Balaban J connectivity index is 1.70. The molecule has 0 radical (unpaired) electrons. The second kappa shape index (κ2) is 11.2. The summed E-state index contributed by atoms with van der Waals surface area (Å²) in [6, 6.07) is 3.66. The maximum absolute atomic E-state index is 6.11. The maximum Gasteiger partial charge on any atom is 0.191 e. The van der Waals surface area contributed by atoms with Gasteiger partial charge < -0.3 is 20.3 Å². The van der Waals surface area contributed by atoms with Gasteiger partial charge in [-0.25, -0.2) is 0 Å². The molecule has 1 fully saturated rings. The zero-order valence-corrected chi connectivity index (χ0v) is 18.3. The third-order valence-electron chi connectivity index (χ3n) is 4.55. The third kappa shape index (κ3) is 7.20. The molecule has 1 saturated heterocycles. The number of hydrogen-bond acceptors (Lipinski definition) is 4. The fourth-order valence-electron chi connectivity index (χ4n) is 2.85. The monoisotopic (exact) mass is 435 g/mol. The van der Waals surface area contributed by atoms with E-state index in [-0.39, 0.29) is 0 Å². The molecule has 9 heteroatoms. The summed E-state index contributed by atoms with van der Waals surface area (Å²) in [5, 5.41) is 7.87. The van der Waals surface area contributed by atoms with Gasteiger partial charge in [-0.1, -0.05) is 34.8 Å². The smallest absolute Gasteiger partial charge is 0.191 e. The molecule has 0 bridgehead atoms. The molecule has 0 aromatic heterocycles. The van der Waals surface area contributed by atoms with Crippen LogP contribution in [0.4, 0.5) is 0 Å². The van der Waals surface area contributed by atoms with Crippen LogP contribution in [-0.2, 0) is 0 Å². The van der Waals surface area contributed by atoms with E-state index in [0.717, 1.165) is 38.7 Å². The molecule has 2 rings (SSSR count). The van der Waals surface area contributed by atoms with Crippen molar-refractivity contribution < 1.29 is 4.74 Å². The first-order chi connectivity index (χ1) is 12.9. The minimum atomic E-state index is 0.399. The predicted molar refractivity (Wildman–Crippen MR) is 115 cm³/mol. The summed E-state index contributed by atoms with van der Waals surface area (Å²) >= 11 is 18.1. The van der Waals surface area contributed by atoms with Crippen LogP contribution in [0.5, 0.6) is 5.75 Å². The quantitative estimate of drug-likeness (QED) is 0.391. The van der Waals surface area contributed by atoms with Gasteiger partial charge in [0, 0.05) is 50.8 Å². The number of ether oxygens (including phenoxy) is 1. The first-order valence-electron chi connectivity index (χ1n) is 9.05. The van der Waals surface area contributed by atoms with Gasteiger partial charge in [-0.2, -0.15) is 0 Å². The van der Waals surface area contributed by atoms with E-state index in [9.17, 15) is 0 Å². The predicted octanol–water partition coefficient (Wildman–Crippen LogP) is 2.83. The van der Waals surface area contributed by atoms with Gasteiger partial charge >= 0.3 is 0 Å². The highest BCUT2D eigenvalue weighted by Gasteiger charge is 2.19. The van der Waals surface area contributed by atoms with Crippen LogP contribution in [0.15, 0.2) is 17.1 Å². The Morgan fingerprint density at radius 3 is 2.37 bits per heavy atom. The Bertz CT molecular complexity index is 612. The standard InChI is InChI=1S/C18H28Cl3N5O/c1-13(26-7-5-25(3)6-8-26)12-24-18(22-2)23-4-9-27-17-15(20)10-14(19)11-16(17)21/h10-11,13H,4-9,12H2,1-3H3,(H2,22,23,24). The zero-order valence-electron chi connectivity index (χ0n) is 16.1. The van der Waals surface area contributed by atoms with E-state index >= 15 is 0 Å². The number of hydrogen-bond donors (Lipinski definition) is 2. The van der Waals surface area contributed by atoms with Crippen molar-refractivity contribution in [2.24, 2.45) is 4.99 Å². The zero-order chi connectivity index (χ0) is 19.8. The highest BCUT2D eigenvalue weighted by atomic mass is 35.5. The number of piperazine rings is 1.